The summed E-state index contributed by atoms with van der Waals surface area (Å²) in [6.45, 7) is 8.79. The van der Waals surface area contributed by atoms with Gasteiger partial charge in [0.15, 0.2) is 0 Å². The van der Waals surface area contributed by atoms with E-state index in [0.717, 1.165) is 38.8 Å². The number of unbranched alkanes of at least 4 members (excludes halogenated alkanes) is 15. The van der Waals surface area contributed by atoms with Crippen LogP contribution in [-0.4, -0.2) is 19.7 Å². The normalized spacial score (nSPS) is 12.0. The van der Waals surface area contributed by atoms with Gasteiger partial charge in [-0.15, -0.1) is 0 Å². The zero-order valence-electron chi connectivity index (χ0n) is 20.1. The van der Waals surface area contributed by atoms with Crippen molar-refractivity contribution in [3.8, 4) is 0 Å². The van der Waals surface area contributed by atoms with E-state index in [1.165, 1.54) is 89.9 Å². The molecule has 0 fully saturated rings. The third-order valence-electron chi connectivity index (χ3n) is 5.47. The Balaban J connectivity index is 3.86. The van der Waals surface area contributed by atoms with Gasteiger partial charge < -0.3 is 4.52 Å². The largest absolute Gasteiger partial charge is 0.340 e. The Morgan fingerprint density at radius 3 is 1.24 bits per heavy atom. The summed E-state index contributed by atoms with van der Waals surface area (Å²) in [5.41, 5.74) is 0. The van der Waals surface area contributed by atoms with Crippen LogP contribution in [0.5, 0.6) is 0 Å². The summed E-state index contributed by atoms with van der Waals surface area (Å²) in [5, 5.41) is 6.43. The van der Waals surface area contributed by atoms with Crippen LogP contribution in [0.3, 0.4) is 0 Å². The lowest BCUT2D eigenvalue weighted by Gasteiger charge is -2.20. The monoisotopic (exact) mass is 432 g/mol. The van der Waals surface area contributed by atoms with Gasteiger partial charge in [0.05, 0.1) is 6.61 Å². The predicted octanol–water partition coefficient (Wildman–Crippen LogP) is 8.37. The second-order valence-electron chi connectivity index (χ2n) is 8.50. The second-order valence-corrected chi connectivity index (χ2v) is 10.5. The van der Waals surface area contributed by atoms with Crippen LogP contribution < -0.4 is 10.2 Å². The molecule has 0 amide bonds. The fourth-order valence-corrected chi connectivity index (χ4v) is 5.04. The molecule has 0 aliphatic heterocycles. The minimum Gasteiger partial charge on any atom is -0.306 e. The standard InChI is InChI=1S/C24H53N2O2P/c1-4-7-10-12-14-16-18-20-22-25-29(27,28-24-9-6-3)26-23-21-19-17-15-13-11-8-5-2/h4-24H2,1-3H3,(H2,25,26,27). The van der Waals surface area contributed by atoms with E-state index in [1.807, 2.05) is 0 Å². The first-order chi connectivity index (χ1) is 14.2. The molecule has 0 unspecified atom stereocenters. The smallest absolute Gasteiger partial charge is 0.306 e. The Bertz CT molecular complexity index is 341. The average Bonchev–Trinajstić information content (AvgIpc) is 2.72. The Hall–Kier alpha value is 0.110. The fraction of sp³-hybridized carbons (Fsp3) is 1.00. The minimum atomic E-state index is -2.89. The Morgan fingerprint density at radius 2 is 0.862 bits per heavy atom. The van der Waals surface area contributed by atoms with E-state index < -0.39 is 7.67 Å². The molecule has 0 radical (unpaired) electrons. The van der Waals surface area contributed by atoms with Crippen LogP contribution in [0, 0.1) is 0 Å². The van der Waals surface area contributed by atoms with Gasteiger partial charge in [-0.25, -0.2) is 10.2 Å². The molecule has 0 aromatic heterocycles. The Kier molecular flexibility index (Phi) is 22.9. The highest BCUT2D eigenvalue weighted by Gasteiger charge is 2.21. The first kappa shape index (κ1) is 29.1. The van der Waals surface area contributed by atoms with E-state index in [4.69, 9.17) is 4.52 Å². The summed E-state index contributed by atoms with van der Waals surface area (Å²) in [7, 11) is -2.89. The topological polar surface area (TPSA) is 50.4 Å². The van der Waals surface area contributed by atoms with E-state index in [9.17, 15) is 4.57 Å². The molecular weight excluding hydrogens is 379 g/mol. The lowest BCUT2D eigenvalue weighted by atomic mass is 10.1. The van der Waals surface area contributed by atoms with Crippen LogP contribution >= 0.6 is 7.67 Å². The van der Waals surface area contributed by atoms with E-state index in [0.29, 0.717) is 6.61 Å². The number of hydrogen-bond acceptors (Lipinski definition) is 2. The van der Waals surface area contributed by atoms with Crippen LogP contribution in [0.25, 0.3) is 0 Å². The quantitative estimate of drug-likeness (QED) is 0.119. The van der Waals surface area contributed by atoms with Crippen LogP contribution in [0.2, 0.25) is 0 Å². The molecule has 0 aliphatic carbocycles. The molecule has 5 heteroatoms. The summed E-state index contributed by atoms with van der Waals surface area (Å²) >= 11 is 0. The average molecular weight is 433 g/mol. The van der Waals surface area contributed by atoms with Crippen molar-refractivity contribution in [3.05, 3.63) is 0 Å². The number of rotatable bonds is 24. The molecule has 0 rings (SSSR count). The summed E-state index contributed by atoms with van der Waals surface area (Å²) in [5.74, 6) is 0. The maximum atomic E-state index is 13.1. The van der Waals surface area contributed by atoms with Gasteiger partial charge in [-0.1, -0.05) is 117 Å². The molecule has 0 bridgehead atoms. The van der Waals surface area contributed by atoms with Gasteiger partial charge in [0.25, 0.3) is 0 Å². The summed E-state index contributed by atoms with van der Waals surface area (Å²) in [6.07, 6.45) is 22.7. The van der Waals surface area contributed by atoms with Crippen LogP contribution in [0.4, 0.5) is 0 Å². The van der Waals surface area contributed by atoms with Crippen LogP contribution in [0.1, 0.15) is 136 Å². The summed E-state index contributed by atoms with van der Waals surface area (Å²) in [4.78, 5) is 0. The Morgan fingerprint density at radius 1 is 0.517 bits per heavy atom. The molecule has 0 saturated carbocycles. The molecule has 0 heterocycles. The number of nitrogens with one attached hydrogen (secondary N) is 2. The zero-order chi connectivity index (χ0) is 21.5. The van der Waals surface area contributed by atoms with Gasteiger partial charge in [-0.3, -0.25) is 4.57 Å². The van der Waals surface area contributed by atoms with Gasteiger partial charge in [-0.2, -0.15) is 0 Å². The van der Waals surface area contributed by atoms with E-state index in [2.05, 4.69) is 30.9 Å². The lowest BCUT2D eigenvalue weighted by Crippen LogP contribution is -2.26. The van der Waals surface area contributed by atoms with Crippen LogP contribution in [-0.2, 0) is 9.09 Å². The van der Waals surface area contributed by atoms with E-state index in [-0.39, 0.29) is 0 Å². The third-order valence-corrected chi connectivity index (χ3v) is 7.30. The van der Waals surface area contributed by atoms with Crippen molar-refractivity contribution in [2.45, 2.75) is 136 Å². The van der Waals surface area contributed by atoms with Crippen molar-refractivity contribution >= 4 is 7.67 Å². The predicted molar refractivity (Wildman–Crippen MR) is 130 cm³/mol. The highest BCUT2D eigenvalue weighted by Crippen LogP contribution is 2.37. The molecule has 0 aliphatic rings. The SMILES string of the molecule is CCCCCCCCCCNP(=O)(NCCCCCCCCCC)OCCCC. The van der Waals surface area contributed by atoms with Gasteiger partial charge in [0.2, 0.25) is 0 Å². The molecule has 4 nitrogen and oxygen atoms in total. The molecule has 2 N–H and O–H groups in total. The van der Waals surface area contributed by atoms with E-state index in [1.54, 1.807) is 0 Å². The van der Waals surface area contributed by atoms with Gasteiger partial charge in [0.1, 0.15) is 0 Å². The fourth-order valence-electron chi connectivity index (χ4n) is 3.45. The van der Waals surface area contributed by atoms with Crippen LogP contribution in [0.15, 0.2) is 0 Å². The van der Waals surface area contributed by atoms with Crippen molar-refractivity contribution in [1.29, 1.82) is 0 Å². The maximum absolute atomic E-state index is 13.1. The highest BCUT2D eigenvalue weighted by atomic mass is 31.2. The van der Waals surface area contributed by atoms with E-state index >= 15 is 0 Å². The molecule has 29 heavy (non-hydrogen) atoms. The maximum Gasteiger partial charge on any atom is 0.340 e. The first-order valence-electron chi connectivity index (χ1n) is 12.9. The molecule has 0 atom stereocenters. The van der Waals surface area contributed by atoms with Crippen molar-refractivity contribution in [2.24, 2.45) is 0 Å². The molecular formula is C24H53N2O2P. The summed E-state index contributed by atoms with van der Waals surface area (Å²) < 4.78 is 18.8. The lowest BCUT2D eigenvalue weighted by molar-refractivity contribution is 0.290. The molecule has 176 valence electrons. The van der Waals surface area contributed by atoms with Crippen molar-refractivity contribution < 1.29 is 9.09 Å². The first-order valence-corrected chi connectivity index (χ1v) is 14.6. The molecule has 0 aromatic rings. The van der Waals surface area contributed by atoms with Gasteiger partial charge in [-0.05, 0) is 19.3 Å². The molecule has 0 saturated heterocycles. The van der Waals surface area contributed by atoms with Gasteiger partial charge in [0, 0.05) is 13.1 Å². The third kappa shape index (κ3) is 21.1. The molecule has 0 aromatic carbocycles. The number of hydrogen-bond donors (Lipinski definition) is 2. The summed E-state index contributed by atoms with van der Waals surface area (Å²) in [6, 6.07) is 0. The van der Waals surface area contributed by atoms with Crippen molar-refractivity contribution in [3.63, 3.8) is 0 Å². The van der Waals surface area contributed by atoms with Crippen molar-refractivity contribution in [2.75, 3.05) is 19.7 Å². The van der Waals surface area contributed by atoms with Gasteiger partial charge >= 0.3 is 7.67 Å². The Labute approximate surface area is 183 Å². The second kappa shape index (κ2) is 22.8. The highest BCUT2D eigenvalue weighted by molar-refractivity contribution is 7.54. The minimum absolute atomic E-state index is 0.572. The molecule has 0 spiro atoms. The zero-order valence-corrected chi connectivity index (χ0v) is 21.0. The van der Waals surface area contributed by atoms with Crippen molar-refractivity contribution in [1.82, 2.24) is 10.2 Å².